The lowest BCUT2D eigenvalue weighted by Crippen LogP contribution is -2.50. The average Bonchev–Trinajstić information content (AvgIpc) is 2.68. The Kier molecular flexibility index (Phi) is 4.47. The molecule has 4 rings (SSSR count). The summed E-state index contributed by atoms with van der Waals surface area (Å²) < 4.78 is 5.05. The number of hydrogen-bond acceptors (Lipinski definition) is 3. The van der Waals surface area contributed by atoms with Crippen molar-refractivity contribution in [3.63, 3.8) is 0 Å². The molecule has 0 saturated heterocycles. The molecule has 2 amide bonds. The van der Waals surface area contributed by atoms with Crippen molar-refractivity contribution in [2.75, 3.05) is 26.8 Å². The van der Waals surface area contributed by atoms with Crippen LogP contribution in [0.2, 0.25) is 0 Å². The van der Waals surface area contributed by atoms with Crippen molar-refractivity contribution in [2.24, 2.45) is 0 Å². The molecule has 0 aromatic heterocycles. The third-order valence-electron chi connectivity index (χ3n) is 5.32. The number of carbonyl (C=O) groups excluding carboxylic acids is 2. The lowest BCUT2D eigenvalue weighted by atomic mass is 9.76. The number of fused-ring (bicyclic) bond motifs is 4. The highest BCUT2D eigenvalue weighted by Gasteiger charge is 2.45. The van der Waals surface area contributed by atoms with Crippen molar-refractivity contribution in [1.29, 1.82) is 0 Å². The molecule has 2 aromatic rings. The highest BCUT2D eigenvalue weighted by atomic mass is 16.5. The minimum Gasteiger partial charge on any atom is -0.383 e. The summed E-state index contributed by atoms with van der Waals surface area (Å²) in [5, 5.41) is 2.97. The molecule has 0 radical (unpaired) electrons. The van der Waals surface area contributed by atoms with Gasteiger partial charge in [0.25, 0.3) is 5.91 Å². The van der Waals surface area contributed by atoms with E-state index in [9.17, 15) is 9.59 Å². The topological polar surface area (TPSA) is 58.6 Å². The molecule has 0 fully saturated rings. The van der Waals surface area contributed by atoms with E-state index in [1.807, 2.05) is 47.4 Å². The second-order valence-corrected chi connectivity index (χ2v) is 6.74. The average molecular weight is 350 g/mol. The number of benzene rings is 2. The first-order chi connectivity index (χ1) is 12.7. The fourth-order valence-corrected chi connectivity index (χ4v) is 4.14. The fourth-order valence-electron chi connectivity index (χ4n) is 4.14. The molecule has 0 aliphatic carbocycles. The lowest BCUT2D eigenvalue weighted by molar-refractivity contribution is -0.124. The number of carbonyl (C=O) groups is 2. The molecule has 26 heavy (non-hydrogen) atoms. The van der Waals surface area contributed by atoms with Gasteiger partial charge >= 0.3 is 0 Å². The quantitative estimate of drug-likeness (QED) is 0.861. The van der Waals surface area contributed by atoms with Crippen molar-refractivity contribution in [3.8, 4) is 0 Å². The number of rotatable bonds is 4. The van der Waals surface area contributed by atoms with Gasteiger partial charge in [-0.3, -0.25) is 9.59 Å². The van der Waals surface area contributed by atoms with E-state index in [-0.39, 0.29) is 17.9 Å². The Morgan fingerprint density at radius 2 is 1.88 bits per heavy atom. The molecule has 2 aromatic carbocycles. The van der Waals surface area contributed by atoms with E-state index in [1.165, 1.54) is 5.56 Å². The number of hydrogen-bond donors (Lipinski definition) is 1. The van der Waals surface area contributed by atoms with Gasteiger partial charge < -0.3 is 15.0 Å². The fraction of sp³-hybridized carbons (Fsp3) is 0.333. The molecule has 0 bridgehead atoms. The summed E-state index contributed by atoms with van der Waals surface area (Å²) in [4.78, 5) is 28.0. The number of methoxy groups -OCH3 is 1. The maximum atomic E-state index is 13.1. The van der Waals surface area contributed by atoms with Crippen LogP contribution in [0.25, 0.3) is 0 Å². The molecule has 5 heteroatoms. The van der Waals surface area contributed by atoms with Crippen molar-refractivity contribution < 1.29 is 14.3 Å². The van der Waals surface area contributed by atoms with Gasteiger partial charge in [0.2, 0.25) is 5.91 Å². The predicted molar refractivity (Wildman–Crippen MR) is 98.0 cm³/mol. The van der Waals surface area contributed by atoms with Crippen LogP contribution in [0.15, 0.2) is 48.5 Å². The lowest BCUT2D eigenvalue weighted by Gasteiger charge is -2.45. The zero-order valence-electron chi connectivity index (χ0n) is 14.8. The summed E-state index contributed by atoms with van der Waals surface area (Å²) in [5.74, 6) is -0.461. The summed E-state index contributed by atoms with van der Waals surface area (Å²) in [5.41, 5.74) is 3.74. The summed E-state index contributed by atoms with van der Waals surface area (Å²) in [6.07, 6.45) is 0.818. The smallest absolute Gasteiger partial charge is 0.254 e. The zero-order chi connectivity index (χ0) is 18.1. The molecule has 5 nitrogen and oxygen atoms in total. The zero-order valence-corrected chi connectivity index (χ0v) is 14.8. The molecule has 1 N–H and O–H groups in total. The van der Waals surface area contributed by atoms with Gasteiger partial charge in [0, 0.05) is 25.8 Å². The molecule has 0 saturated carbocycles. The molecule has 0 spiro atoms. The van der Waals surface area contributed by atoms with Gasteiger partial charge in [-0.2, -0.15) is 0 Å². The predicted octanol–water partition coefficient (Wildman–Crippen LogP) is 2.29. The summed E-state index contributed by atoms with van der Waals surface area (Å²) in [6.45, 7) is 1.55. The largest absolute Gasteiger partial charge is 0.383 e. The van der Waals surface area contributed by atoms with E-state index in [4.69, 9.17) is 4.74 Å². The van der Waals surface area contributed by atoms with Gasteiger partial charge in [0.1, 0.15) is 0 Å². The van der Waals surface area contributed by atoms with Crippen molar-refractivity contribution >= 4 is 11.8 Å². The first-order valence-electron chi connectivity index (χ1n) is 8.96. The molecule has 2 atom stereocenters. The Labute approximate surface area is 153 Å². The van der Waals surface area contributed by atoms with Crippen LogP contribution in [0.3, 0.4) is 0 Å². The Hall–Kier alpha value is -2.66. The normalized spacial score (nSPS) is 20.8. The molecular weight excluding hydrogens is 328 g/mol. The maximum absolute atomic E-state index is 13.1. The third-order valence-corrected chi connectivity index (χ3v) is 5.32. The summed E-state index contributed by atoms with van der Waals surface area (Å²) in [6, 6.07) is 15.4. The van der Waals surface area contributed by atoms with Crippen LogP contribution >= 0.6 is 0 Å². The number of amides is 2. The van der Waals surface area contributed by atoms with Crippen LogP contribution in [0, 0.1) is 0 Å². The minimum atomic E-state index is -0.415. The number of nitrogens with zero attached hydrogens (tertiary/aromatic N) is 1. The SMILES string of the molecule is COCCNC(=O)[C@@H]1c2ccccc2C(=O)N2CCc3ccccc3[C@H]12. The molecule has 0 unspecified atom stereocenters. The van der Waals surface area contributed by atoms with E-state index in [0.29, 0.717) is 25.3 Å². The number of ether oxygens (including phenoxy) is 1. The van der Waals surface area contributed by atoms with E-state index in [0.717, 1.165) is 17.5 Å². The minimum absolute atomic E-state index is 0.0149. The Bertz CT molecular complexity index is 849. The first kappa shape index (κ1) is 16.8. The maximum Gasteiger partial charge on any atom is 0.254 e. The standard InChI is InChI=1S/C21H22N2O3/c1-26-13-11-22-20(24)18-16-8-4-5-9-17(16)21(25)23-12-10-14-6-2-3-7-15(14)19(18)23/h2-9,18-19H,10-13H2,1H3,(H,22,24)/t18-,19-/m1/s1. The molecule has 2 heterocycles. The monoisotopic (exact) mass is 350 g/mol. The van der Waals surface area contributed by atoms with Gasteiger partial charge in [0.15, 0.2) is 0 Å². The second kappa shape index (κ2) is 6.92. The van der Waals surface area contributed by atoms with Crippen LogP contribution in [0.5, 0.6) is 0 Å². The molecule has 2 aliphatic heterocycles. The van der Waals surface area contributed by atoms with E-state index >= 15 is 0 Å². The van der Waals surface area contributed by atoms with Crippen LogP contribution in [-0.4, -0.2) is 43.5 Å². The van der Waals surface area contributed by atoms with Gasteiger partial charge in [-0.25, -0.2) is 0 Å². The van der Waals surface area contributed by atoms with Crippen LogP contribution in [0.4, 0.5) is 0 Å². The van der Waals surface area contributed by atoms with E-state index < -0.39 is 5.92 Å². The second-order valence-electron chi connectivity index (χ2n) is 6.74. The van der Waals surface area contributed by atoms with Crippen LogP contribution in [-0.2, 0) is 16.0 Å². The molecule has 2 aliphatic rings. The van der Waals surface area contributed by atoms with Crippen molar-refractivity contribution in [3.05, 3.63) is 70.8 Å². The Morgan fingerprint density at radius 3 is 2.69 bits per heavy atom. The Morgan fingerprint density at radius 1 is 1.15 bits per heavy atom. The van der Waals surface area contributed by atoms with Gasteiger partial charge in [-0.15, -0.1) is 0 Å². The summed E-state index contributed by atoms with van der Waals surface area (Å²) >= 11 is 0. The summed E-state index contributed by atoms with van der Waals surface area (Å²) in [7, 11) is 1.61. The highest BCUT2D eigenvalue weighted by Crippen LogP contribution is 2.45. The van der Waals surface area contributed by atoms with E-state index in [1.54, 1.807) is 7.11 Å². The molecular formula is C21H22N2O3. The van der Waals surface area contributed by atoms with Gasteiger partial charge in [-0.05, 0) is 29.2 Å². The molecule has 134 valence electrons. The van der Waals surface area contributed by atoms with Gasteiger partial charge in [-0.1, -0.05) is 42.5 Å². The van der Waals surface area contributed by atoms with Gasteiger partial charge in [0.05, 0.1) is 18.6 Å². The highest BCUT2D eigenvalue weighted by molar-refractivity contribution is 6.01. The van der Waals surface area contributed by atoms with E-state index in [2.05, 4.69) is 11.4 Å². The first-order valence-corrected chi connectivity index (χ1v) is 8.96. The van der Waals surface area contributed by atoms with Crippen LogP contribution < -0.4 is 5.32 Å². The third kappa shape index (κ3) is 2.69. The van der Waals surface area contributed by atoms with Crippen molar-refractivity contribution in [1.82, 2.24) is 10.2 Å². The Balaban J connectivity index is 1.81. The number of nitrogens with one attached hydrogen (secondary N) is 1. The van der Waals surface area contributed by atoms with Crippen molar-refractivity contribution in [2.45, 2.75) is 18.4 Å². The van der Waals surface area contributed by atoms with Crippen LogP contribution in [0.1, 0.15) is 39.0 Å².